The fourth-order valence-corrected chi connectivity index (χ4v) is 3.79. The zero-order chi connectivity index (χ0) is 13.3. The van der Waals surface area contributed by atoms with Crippen molar-refractivity contribution in [3.63, 3.8) is 0 Å². The quantitative estimate of drug-likeness (QED) is 0.913. The zero-order valence-electron chi connectivity index (χ0n) is 11.2. The Hall–Kier alpha value is -1.10. The first-order valence-electron chi connectivity index (χ1n) is 6.74. The lowest BCUT2D eigenvalue weighted by Crippen LogP contribution is -2.51. The van der Waals surface area contributed by atoms with E-state index in [-0.39, 0.29) is 23.9 Å². The third-order valence-electron chi connectivity index (χ3n) is 3.98. The van der Waals surface area contributed by atoms with Gasteiger partial charge in [0.05, 0.1) is 10.4 Å². The lowest BCUT2D eigenvalue weighted by atomic mass is 9.98. The Morgan fingerprint density at radius 3 is 2.65 bits per heavy atom. The van der Waals surface area contributed by atoms with E-state index in [4.69, 9.17) is 5.73 Å². The Labute approximate surface area is 129 Å². The molecule has 1 aliphatic rings. The first-order valence-corrected chi connectivity index (χ1v) is 7.55. The van der Waals surface area contributed by atoms with Crippen molar-refractivity contribution in [2.75, 3.05) is 6.54 Å². The summed E-state index contributed by atoms with van der Waals surface area (Å²) >= 11 is 1.55. The Balaban J connectivity index is 0.00000147. The minimum absolute atomic E-state index is 0. The Kier molecular flexibility index (Phi) is 4.68. The van der Waals surface area contributed by atoms with Crippen molar-refractivity contribution in [2.45, 2.75) is 31.2 Å². The van der Waals surface area contributed by atoms with Crippen LogP contribution in [0.5, 0.6) is 0 Å². The molecule has 1 amide bonds. The average molecular weight is 311 g/mol. The highest BCUT2D eigenvalue weighted by molar-refractivity contribution is 7.20. The van der Waals surface area contributed by atoms with Gasteiger partial charge in [0.25, 0.3) is 5.91 Å². The predicted molar refractivity (Wildman–Crippen MR) is 86.8 cm³/mol. The summed E-state index contributed by atoms with van der Waals surface area (Å²) in [7, 11) is 0. The molecule has 20 heavy (non-hydrogen) atoms. The van der Waals surface area contributed by atoms with E-state index in [0.717, 1.165) is 40.6 Å². The molecule has 1 aromatic heterocycles. The van der Waals surface area contributed by atoms with Gasteiger partial charge in [-0.2, -0.15) is 0 Å². The molecule has 3 nitrogen and oxygen atoms in total. The Morgan fingerprint density at radius 2 is 2.00 bits per heavy atom. The third-order valence-corrected chi connectivity index (χ3v) is 5.09. The van der Waals surface area contributed by atoms with Crippen LogP contribution in [0.1, 0.15) is 35.4 Å². The van der Waals surface area contributed by atoms with E-state index in [1.807, 2.05) is 30.3 Å². The highest BCUT2D eigenvalue weighted by Crippen LogP contribution is 2.30. The minimum Gasteiger partial charge on any atom is -0.345 e. The van der Waals surface area contributed by atoms with Gasteiger partial charge in [-0.05, 0) is 30.4 Å². The van der Waals surface area contributed by atoms with Gasteiger partial charge in [0.15, 0.2) is 0 Å². The highest BCUT2D eigenvalue weighted by Gasteiger charge is 2.34. The lowest BCUT2D eigenvalue weighted by molar-refractivity contribution is 0.0907. The van der Waals surface area contributed by atoms with E-state index in [2.05, 4.69) is 5.32 Å². The first kappa shape index (κ1) is 15.3. The number of amides is 1. The molecule has 2 aromatic rings. The zero-order valence-corrected chi connectivity index (χ0v) is 12.9. The fraction of sp³-hybridized carbons (Fsp3) is 0.400. The number of fused-ring (bicyclic) bond motifs is 1. The molecule has 3 rings (SSSR count). The molecular formula is C15H19ClN2OS. The van der Waals surface area contributed by atoms with E-state index in [1.165, 1.54) is 0 Å². The molecule has 0 aliphatic heterocycles. The molecule has 0 unspecified atom stereocenters. The molecule has 1 saturated carbocycles. The Bertz CT molecular complexity index is 572. The van der Waals surface area contributed by atoms with Crippen LogP contribution in [0.2, 0.25) is 0 Å². The molecule has 0 radical (unpaired) electrons. The van der Waals surface area contributed by atoms with Gasteiger partial charge in [-0.1, -0.05) is 31.0 Å². The van der Waals surface area contributed by atoms with Crippen LogP contribution in [0.25, 0.3) is 10.1 Å². The summed E-state index contributed by atoms with van der Waals surface area (Å²) in [5, 5.41) is 4.30. The predicted octanol–water partition coefficient (Wildman–Crippen LogP) is 3.32. The topological polar surface area (TPSA) is 55.1 Å². The second kappa shape index (κ2) is 6.12. The number of nitrogens with one attached hydrogen (secondary N) is 1. The summed E-state index contributed by atoms with van der Waals surface area (Å²) in [5.74, 6) is 0.0218. The van der Waals surface area contributed by atoms with Gasteiger partial charge in [0, 0.05) is 11.2 Å². The number of thiophene rings is 1. The molecule has 3 N–H and O–H groups in total. The second-order valence-corrected chi connectivity index (χ2v) is 6.38. The molecule has 0 atom stereocenters. The first-order chi connectivity index (χ1) is 9.22. The van der Waals surface area contributed by atoms with Gasteiger partial charge in [-0.15, -0.1) is 23.7 Å². The van der Waals surface area contributed by atoms with Crippen LogP contribution >= 0.6 is 23.7 Å². The van der Waals surface area contributed by atoms with Gasteiger partial charge < -0.3 is 11.1 Å². The summed E-state index contributed by atoms with van der Waals surface area (Å²) in [4.78, 5) is 13.2. The molecule has 1 aliphatic carbocycles. The van der Waals surface area contributed by atoms with Crippen molar-refractivity contribution in [1.82, 2.24) is 5.32 Å². The average Bonchev–Trinajstić information content (AvgIpc) is 3.05. The van der Waals surface area contributed by atoms with Crippen LogP contribution in [-0.4, -0.2) is 18.0 Å². The Morgan fingerprint density at radius 1 is 1.30 bits per heavy atom. The maximum absolute atomic E-state index is 12.4. The van der Waals surface area contributed by atoms with E-state index < -0.39 is 0 Å². The molecule has 0 saturated heterocycles. The second-order valence-electron chi connectivity index (χ2n) is 5.29. The fourth-order valence-electron chi connectivity index (χ4n) is 2.83. The SMILES string of the molecule is Cl.NCC1(NC(=O)c2cc3ccccc3s2)CCCC1. The number of nitrogens with two attached hydrogens (primary N) is 1. The number of carbonyl (C=O) groups is 1. The molecule has 0 bridgehead atoms. The molecule has 1 fully saturated rings. The normalized spacial score (nSPS) is 16.9. The van der Waals surface area contributed by atoms with Gasteiger partial charge >= 0.3 is 0 Å². The molecule has 1 aromatic carbocycles. The van der Waals surface area contributed by atoms with Gasteiger partial charge in [0.1, 0.15) is 0 Å². The van der Waals surface area contributed by atoms with Crippen molar-refractivity contribution in [2.24, 2.45) is 5.73 Å². The van der Waals surface area contributed by atoms with Crippen LogP contribution < -0.4 is 11.1 Å². The van der Waals surface area contributed by atoms with Gasteiger partial charge in [-0.3, -0.25) is 4.79 Å². The summed E-state index contributed by atoms with van der Waals surface area (Å²) in [5.41, 5.74) is 5.69. The summed E-state index contributed by atoms with van der Waals surface area (Å²) in [6, 6.07) is 10.0. The summed E-state index contributed by atoms with van der Waals surface area (Å²) in [6.45, 7) is 0.531. The monoisotopic (exact) mass is 310 g/mol. The number of benzene rings is 1. The standard InChI is InChI=1S/C15H18N2OS.ClH/c16-10-15(7-3-4-8-15)17-14(18)13-9-11-5-1-2-6-12(11)19-13;/h1-2,5-6,9H,3-4,7-8,10,16H2,(H,17,18);1H. The van der Waals surface area contributed by atoms with Crippen LogP contribution in [0.4, 0.5) is 0 Å². The third kappa shape index (κ3) is 2.82. The maximum Gasteiger partial charge on any atom is 0.261 e. The van der Waals surface area contributed by atoms with E-state index in [1.54, 1.807) is 11.3 Å². The maximum atomic E-state index is 12.4. The molecule has 108 valence electrons. The van der Waals surface area contributed by atoms with E-state index >= 15 is 0 Å². The summed E-state index contributed by atoms with van der Waals surface area (Å²) < 4.78 is 1.15. The van der Waals surface area contributed by atoms with Crippen LogP contribution in [-0.2, 0) is 0 Å². The van der Waals surface area contributed by atoms with E-state index in [0.29, 0.717) is 6.54 Å². The van der Waals surface area contributed by atoms with Crippen LogP contribution in [0.15, 0.2) is 30.3 Å². The number of hydrogen-bond acceptors (Lipinski definition) is 3. The highest BCUT2D eigenvalue weighted by atomic mass is 35.5. The minimum atomic E-state index is -0.173. The number of rotatable bonds is 3. The molecule has 5 heteroatoms. The smallest absolute Gasteiger partial charge is 0.261 e. The number of hydrogen-bond donors (Lipinski definition) is 2. The number of carbonyl (C=O) groups excluding carboxylic acids is 1. The summed E-state index contributed by atoms with van der Waals surface area (Å²) in [6.07, 6.45) is 4.31. The van der Waals surface area contributed by atoms with Gasteiger partial charge in [0.2, 0.25) is 0 Å². The molecular weight excluding hydrogens is 292 g/mol. The van der Waals surface area contributed by atoms with Crippen molar-refractivity contribution < 1.29 is 4.79 Å². The van der Waals surface area contributed by atoms with Crippen molar-refractivity contribution in [3.8, 4) is 0 Å². The number of halogens is 1. The van der Waals surface area contributed by atoms with Crippen LogP contribution in [0, 0.1) is 0 Å². The van der Waals surface area contributed by atoms with Crippen molar-refractivity contribution in [1.29, 1.82) is 0 Å². The van der Waals surface area contributed by atoms with Gasteiger partial charge in [-0.25, -0.2) is 0 Å². The van der Waals surface area contributed by atoms with Crippen molar-refractivity contribution in [3.05, 3.63) is 35.2 Å². The van der Waals surface area contributed by atoms with E-state index in [9.17, 15) is 4.79 Å². The van der Waals surface area contributed by atoms with Crippen molar-refractivity contribution >= 4 is 39.7 Å². The molecule has 0 spiro atoms. The largest absolute Gasteiger partial charge is 0.345 e. The lowest BCUT2D eigenvalue weighted by Gasteiger charge is -2.28. The molecule has 1 heterocycles. The van der Waals surface area contributed by atoms with Crippen LogP contribution in [0.3, 0.4) is 0 Å².